The average molecular weight is 1070 g/mol. The summed E-state index contributed by atoms with van der Waals surface area (Å²) < 4.78 is 0. The van der Waals surface area contributed by atoms with Crippen molar-refractivity contribution in [3.8, 4) is 0 Å². The number of aliphatic hydroxyl groups is 1. The summed E-state index contributed by atoms with van der Waals surface area (Å²) in [4.78, 5) is 142. The summed E-state index contributed by atoms with van der Waals surface area (Å²) in [6.07, 6.45) is -3.18. The maximum absolute atomic E-state index is 14.4. The summed E-state index contributed by atoms with van der Waals surface area (Å²) >= 11 is 0. The zero-order chi connectivity index (χ0) is 57.1. The number of benzene rings is 2. The van der Waals surface area contributed by atoms with Crippen molar-refractivity contribution in [1.29, 1.82) is 0 Å². The average Bonchev–Trinajstić information content (AvgIpc) is 3.34. The van der Waals surface area contributed by atoms with Crippen LogP contribution in [0.25, 0.3) is 0 Å². The highest BCUT2D eigenvalue weighted by molar-refractivity contribution is 5.99. The molecule has 2 aromatic carbocycles. The largest absolute Gasteiger partial charge is 0.391 e. The fourth-order valence-corrected chi connectivity index (χ4v) is 7.32. The molecule has 28 heteroatoms. The van der Waals surface area contributed by atoms with Crippen LogP contribution in [0.2, 0.25) is 0 Å². The van der Waals surface area contributed by atoms with Crippen molar-refractivity contribution >= 4 is 71.0 Å². The molecule has 28 nitrogen and oxygen atoms in total. The van der Waals surface area contributed by atoms with Crippen LogP contribution in [0.3, 0.4) is 0 Å². The fraction of sp³-hybridized carbons (Fsp3) is 0.500. The van der Waals surface area contributed by atoms with Gasteiger partial charge in [-0.1, -0.05) is 74.5 Å². The second-order valence-corrected chi connectivity index (χ2v) is 18.3. The van der Waals surface area contributed by atoms with Gasteiger partial charge in [-0.2, -0.15) is 0 Å². The Labute approximate surface area is 439 Å². The Morgan fingerprint density at radius 3 is 1.17 bits per heavy atom. The number of aliphatic hydroxyl groups excluding tert-OH is 1. The topological polar surface area (TPSA) is 508 Å². The molecule has 10 amide bonds. The Morgan fingerprint density at radius 2 is 0.789 bits per heavy atom. The van der Waals surface area contributed by atoms with Gasteiger partial charge < -0.3 is 88.2 Å². The van der Waals surface area contributed by atoms with E-state index in [1.807, 2.05) is 0 Å². The number of amides is 10. The van der Waals surface area contributed by atoms with E-state index >= 15 is 0 Å². The maximum Gasteiger partial charge on any atom is 0.243 e. The fourth-order valence-electron chi connectivity index (χ4n) is 7.32. The van der Waals surface area contributed by atoms with Crippen molar-refractivity contribution in [3.05, 3.63) is 71.8 Å². The van der Waals surface area contributed by atoms with E-state index in [4.69, 9.17) is 45.9 Å². The molecule has 0 aliphatic rings. The minimum atomic E-state index is -1.81. The lowest BCUT2D eigenvalue weighted by molar-refractivity contribution is -0.137. The van der Waals surface area contributed by atoms with Gasteiger partial charge in [0, 0.05) is 25.9 Å². The summed E-state index contributed by atoms with van der Waals surface area (Å²) in [7, 11) is 0. The highest BCUT2D eigenvalue weighted by atomic mass is 16.3. The summed E-state index contributed by atoms with van der Waals surface area (Å²) in [6, 6.07) is 5.14. The van der Waals surface area contributed by atoms with Gasteiger partial charge in [0.25, 0.3) is 0 Å². The Kier molecular flexibility index (Phi) is 27.4. The molecule has 0 unspecified atom stereocenters. The van der Waals surface area contributed by atoms with E-state index in [0.29, 0.717) is 11.1 Å². The predicted octanol–water partition coefficient (Wildman–Crippen LogP) is -6.04. The van der Waals surface area contributed by atoms with Crippen molar-refractivity contribution in [2.24, 2.45) is 61.8 Å². The number of carbonyl (C=O) groups excluding carboxylic acids is 10. The van der Waals surface area contributed by atoms with E-state index in [-0.39, 0.29) is 75.9 Å². The van der Waals surface area contributed by atoms with Gasteiger partial charge in [0.1, 0.15) is 48.3 Å². The third kappa shape index (κ3) is 24.5. The van der Waals surface area contributed by atoms with Gasteiger partial charge in [-0.15, -0.1) is 0 Å². The van der Waals surface area contributed by atoms with Gasteiger partial charge in [0.15, 0.2) is 11.9 Å². The Morgan fingerprint density at radius 1 is 0.461 bits per heavy atom. The first-order chi connectivity index (χ1) is 35.8. The number of hydrogen-bond donors (Lipinski definition) is 16. The molecular formula is C48H75N17O11. The van der Waals surface area contributed by atoms with E-state index in [1.54, 1.807) is 74.5 Å². The predicted molar refractivity (Wildman–Crippen MR) is 280 cm³/mol. The van der Waals surface area contributed by atoms with Crippen molar-refractivity contribution in [2.75, 3.05) is 13.1 Å². The minimum Gasteiger partial charge on any atom is -0.391 e. The molecule has 76 heavy (non-hydrogen) atoms. The lowest BCUT2D eigenvalue weighted by Crippen LogP contribution is -2.61. The summed E-state index contributed by atoms with van der Waals surface area (Å²) in [6.45, 7) is 4.77. The van der Waals surface area contributed by atoms with E-state index in [9.17, 15) is 53.1 Å². The molecule has 0 bridgehead atoms. The molecule has 0 heterocycles. The molecule has 0 aliphatic carbocycles. The molecule has 2 rings (SSSR count). The highest BCUT2D eigenvalue weighted by Gasteiger charge is 2.36. The van der Waals surface area contributed by atoms with E-state index < -0.39 is 126 Å². The minimum absolute atomic E-state index is 0.0117. The van der Waals surface area contributed by atoms with Crippen LogP contribution in [0, 0.1) is 5.92 Å². The van der Waals surface area contributed by atoms with Crippen LogP contribution in [-0.4, -0.2) is 144 Å². The van der Waals surface area contributed by atoms with Crippen LogP contribution in [0.1, 0.15) is 76.8 Å². The first-order valence-electron chi connectivity index (χ1n) is 24.4. The lowest BCUT2D eigenvalue weighted by atomic mass is 9.99. The number of aliphatic imine (C=N–C) groups is 2. The van der Waals surface area contributed by atoms with E-state index in [2.05, 4.69) is 47.2 Å². The maximum atomic E-state index is 14.4. The SMILES string of the molecule is CC(C)C[C@H](NC(=O)[C@H](Cc1ccccc1)NC(=O)[C@H](CC(N)=O)NC(=O)[C@H](CCCN=C(N)N)NC(=O)[C@H](CC(N)=O)NC(=O)[C@@H](N)[C@@H](C)O)C(=O)N[C@@H](CCCN=C(N)N)C(=O)N[C@@H](Cc1ccccc1)C(N)=O. The quantitative estimate of drug-likeness (QED) is 0.0176. The molecule has 0 saturated heterocycles. The molecule has 24 N–H and O–H groups in total. The van der Waals surface area contributed by atoms with Crippen LogP contribution in [-0.2, 0) is 60.8 Å². The molecule has 0 aliphatic heterocycles. The number of primary amides is 3. The number of guanidine groups is 2. The summed E-state index contributed by atoms with van der Waals surface area (Å²) in [5.74, 6) is -10.5. The van der Waals surface area contributed by atoms with Crippen LogP contribution >= 0.6 is 0 Å². The smallest absolute Gasteiger partial charge is 0.243 e. The second kappa shape index (κ2) is 32.7. The second-order valence-electron chi connectivity index (χ2n) is 18.3. The lowest BCUT2D eigenvalue weighted by Gasteiger charge is -2.28. The monoisotopic (exact) mass is 1070 g/mol. The summed E-state index contributed by atoms with van der Waals surface area (Å²) in [5, 5.41) is 27.3. The third-order valence-corrected chi connectivity index (χ3v) is 11.3. The van der Waals surface area contributed by atoms with Crippen LogP contribution < -0.4 is 83.1 Å². The van der Waals surface area contributed by atoms with Crippen molar-refractivity contribution in [2.45, 2.75) is 133 Å². The number of nitrogens with one attached hydrogen (secondary N) is 7. The molecular weight excluding hydrogens is 991 g/mol. The van der Waals surface area contributed by atoms with Crippen molar-refractivity contribution < 1.29 is 53.1 Å². The highest BCUT2D eigenvalue weighted by Crippen LogP contribution is 2.12. The first kappa shape index (κ1) is 63.7. The number of rotatable bonds is 34. The molecule has 0 fully saturated rings. The molecule has 0 saturated carbocycles. The normalized spacial score (nSPS) is 14.4. The van der Waals surface area contributed by atoms with Gasteiger partial charge in [0.2, 0.25) is 59.1 Å². The number of nitrogens with zero attached hydrogens (tertiary/aromatic N) is 2. The first-order valence-corrected chi connectivity index (χ1v) is 24.4. The van der Waals surface area contributed by atoms with E-state index in [0.717, 1.165) is 0 Å². The van der Waals surface area contributed by atoms with Gasteiger partial charge in [0.05, 0.1) is 18.9 Å². The zero-order valence-electron chi connectivity index (χ0n) is 42.9. The Bertz CT molecular complexity index is 2350. The number of hydrogen-bond acceptors (Lipinski definition) is 14. The van der Waals surface area contributed by atoms with Gasteiger partial charge in [-0.3, -0.25) is 57.9 Å². The Balaban J connectivity index is 2.52. The van der Waals surface area contributed by atoms with Crippen molar-refractivity contribution in [1.82, 2.24) is 37.2 Å². The van der Waals surface area contributed by atoms with Crippen LogP contribution in [0.5, 0.6) is 0 Å². The van der Waals surface area contributed by atoms with Crippen LogP contribution in [0.15, 0.2) is 70.6 Å². The number of nitrogens with two attached hydrogens (primary N) is 8. The molecule has 9 atom stereocenters. The Hall–Kier alpha value is -8.40. The molecule has 418 valence electrons. The van der Waals surface area contributed by atoms with Gasteiger partial charge in [-0.25, -0.2) is 0 Å². The van der Waals surface area contributed by atoms with Crippen molar-refractivity contribution in [3.63, 3.8) is 0 Å². The van der Waals surface area contributed by atoms with Crippen LogP contribution in [0.4, 0.5) is 0 Å². The summed E-state index contributed by atoms with van der Waals surface area (Å²) in [5.41, 5.74) is 45.3. The molecule has 2 aromatic rings. The van der Waals surface area contributed by atoms with E-state index in [1.165, 1.54) is 6.92 Å². The van der Waals surface area contributed by atoms with Gasteiger partial charge >= 0.3 is 0 Å². The standard InChI is InChI=1S/C48H75N17O11/c1-25(2)20-32(42(72)59-29(16-10-18-57-47(53)54)40(70)61-31(39(52)69)21-27-12-6-4-7-13-27)62-43(73)33(22-28-14-8-5-9-15-28)63-45(75)34(23-36(49)67)64-41(71)30(17-11-19-58-48(55)56)60-44(74)35(24-37(50)68)65-46(76)38(51)26(3)66/h4-9,12-15,25-26,29-35,38,66H,10-11,16-24,51H2,1-3H3,(H2,49,67)(H2,50,68)(H2,52,69)(H,59,72)(H,60,74)(H,61,70)(H,62,73)(H,63,75)(H,64,71)(H,65,76)(H4,53,54,57)(H4,55,56,58)/t26-,29+,30+,31+,32+,33+,34+,35+,38+/m1/s1. The zero-order valence-corrected chi connectivity index (χ0v) is 42.9. The molecule has 0 radical (unpaired) electrons. The third-order valence-electron chi connectivity index (χ3n) is 11.3. The molecule has 0 spiro atoms. The molecule has 0 aromatic heterocycles. The van der Waals surface area contributed by atoms with Gasteiger partial charge in [-0.05, 0) is 56.1 Å². The number of carbonyl (C=O) groups is 10.